The molecular weight excluding hydrogens is 408 g/mol. The van der Waals surface area contributed by atoms with Gasteiger partial charge in [-0.05, 0) is 81.7 Å². The van der Waals surface area contributed by atoms with Crippen LogP contribution >= 0.6 is 0 Å². The molecule has 0 spiro atoms. The molecule has 0 aromatic heterocycles. The Hall–Kier alpha value is -3.21. The predicted molar refractivity (Wildman–Crippen MR) is 138 cm³/mol. The summed E-state index contributed by atoms with van der Waals surface area (Å²) in [6.45, 7) is 4.23. The quantitative estimate of drug-likeness (QED) is 0.304. The Morgan fingerprint density at radius 3 is 2.36 bits per heavy atom. The van der Waals surface area contributed by atoms with Crippen LogP contribution in [0.5, 0.6) is 5.75 Å². The third kappa shape index (κ3) is 6.88. The van der Waals surface area contributed by atoms with Crippen molar-refractivity contribution in [2.75, 3.05) is 41.3 Å². The van der Waals surface area contributed by atoms with E-state index in [-0.39, 0.29) is 5.78 Å². The van der Waals surface area contributed by atoms with Crippen LogP contribution in [0.4, 0.5) is 0 Å². The van der Waals surface area contributed by atoms with Gasteiger partial charge in [-0.25, -0.2) is 0 Å². The average molecular weight is 443 g/mol. The molecule has 0 radical (unpaired) electrons. The van der Waals surface area contributed by atoms with Crippen LogP contribution in [0.15, 0.2) is 72.8 Å². The van der Waals surface area contributed by atoms with Crippen LogP contribution in [0.2, 0.25) is 0 Å². The van der Waals surface area contributed by atoms with Crippen LogP contribution < -0.4 is 4.74 Å². The van der Waals surface area contributed by atoms with Gasteiger partial charge in [-0.2, -0.15) is 0 Å². The van der Waals surface area contributed by atoms with Gasteiger partial charge in [0.25, 0.3) is 0 Å². The minimum atomic E-state index is -0.00649. The average Bonchev–Trinajstić information content (AvgIpc) is 2.78. The number of carbonyl (C=O) groups is 1. The zero-order valence-corrected chi connectivity index (χ0v) is 20.3. The highest BCUT2D eigenvalue weighted by Crippen LogP contribution is 2.30. The second-order valence-corrected chi connectivity index (χ2v) is 8.81. The predicted octanol–water partition coefficient (Wildman–Crippen LogP) is 5.56. The summed E-state index contributed by atoms with van der Waals surface area (Å²) < 4.78 is 6.07. The van der Waals surface area contributed by atoms with Crippen LogP contribution in [0.1, 0.15) is 27.0 Å². The number of hydrogen-bond donors (Lipinski definition) is 0. The van der Waals surface area contributed by atoms with Crippen LogP contribution in [0, 0.1) is 6.92 Å². The summed E-state index contributed by atoms with van der Waals surface area (Å²) >= 11 is 0. The van der Waals surface area contributed by atoms with Gasteiger partial charge < -0.3 is 14.5 Å². The first-order valence-electron chi connectivity index (χ1n) is 11.3. The number of likely N-dealkylation sites (N-methyl/N-ethyl adjacent to an activating group) is 1. The van der Waals surface area contributed by atoms with E-state index in [2.05, 4.69) is 41.0 Å². The third-order valence-corrected chi connectivity index (χ3v) is 5.45. The summed E-state index contributed by atoms with van der Waals surface area (Å²) in [6.07, 6.45) is 3.53. The maximum atomic E-state index is 13.1. The number of aryl methyl sites for hydroxylation is 1. The van der Waals surface area contributed by atoms with Gasteiger partial charge in [0.1, 0.15) is 12.4 Å². The minimum absolute atomic E-state index is 0.00649. The molecule has 172 valence electrons. The van der Waals surface area contributed by atoms with E-state index in [1.165, 1.54) is 11.1 Å². The monoisotopic (exact) mass is 442 g/mol. The van der Waals surface area contributed by atoms with Crippen molar-refractivity contribution in [1.82, 2.24) is 9.80 Å². The van der Waals surface area contributed by atoms with Gasteiger partial charge in [0.15, 0.2) is 5.78 Å². The van der Waals surface area contributed by atoms with E-state index in [4.69, 9.17) is 4.74 Å². The van der Waals surface area contributed by atoms with Crippen molar-refractivity contribution >= 4 is 11.9 Å². The largest absolute Gasteiger partial charge is 0.492 e. The molecule has 0 aliphatic rings. The molecule has 0 aliphatic carbocycles. The molecule has 0 bridgehead atoms. The Kier molecular flexibility index (Phi) is 8.58. The standard InChI is InChI=1S/C29H34N2O2/c1-22-10-6-8-12-26(22)23-15-17-29(33-19-18-30(2)3)24(20-23)14-16-28(32)27-13-9-7-11-25(27)21-31(4)5/h6-17,20H,18-19,21H2,1-5H3. The molecule has 3 aromatic rings. The molecule has 3 rings (SSSR count). The zero-order valence-electron chi connectivity index (χ0n) is 20.3. The Balaban J connectivity index is 1.93. The van der Waals surface area contributed by atoms with Crippen molar-refractivity contribution in [3.05, 3.63) is 95.1 Å². The van der Waals surface area contributed by atoms with Crippen molar-refractivity contribution in [2.45, 2.75) is 13.5 Å². The molecule has 0 saturated carbocycles. The van der Waals surface area contributed by atoms with E-state index >= 15 is 0 Å². The molecule has 4 heteroatoms. The van der Waals surface area contributed by atoms with Crippen molar-refractivity contribution in [1.29, 1.82) is 0 Å². The normalized spacial score (nSPS) is 11.5. The van der Waals surface area contributed by atoms with Crippen molar-refractivity contribution in [3.8, 4) is 16.9 Å². The molecule has 0 heterocycles. The lowest BCUT2D eigenvalue weighted by molar-refractivity contribution is 0.104. The highest BCUT2D eigenvalue weighted by atomic mass is 16.5. The molecule has 3 aromatic carbocycles. The number of rotatable bonds is 10. The van der Waals surface area contributed by atoms with Gasteiger partial charge in [0.05, 0.1) is 0 Å². The second-order valence-electron chi connectivity index (χ2n) is 8.81. The highest BCUT2D eigenvalue weighted by Gasteiger charge is 2.11. The number of ketones is 1. The lowest BCUT2D eigenvalue weighted by Gasteiger charge is -2.15. The van der Waals surface area contributed by atoms with Gasteiger partial charge >= 0.3 is 0 Å². The number of carbonyl (C=O) groups excluding carboxylic acids is 1. The molecule has 0 unspecified atom stereocenters. The van der Waals surface area contributed by atoms with E-state index in [0.717, 1.165) is 41.1 Å². The van der Waals surface area contributed by atoms with E-state index in [9.17, 15) is 4.79 Å². The molecule has 0 fully saturated rings. The molecule has 0 amide bonds. The van der Waals surface area contributed by atoms with E-state index < -0.39 is 0 Å². The van der Waals surface area contributed by atoms with Gasteiger partial charge in [0, 0.05) is 24.2 Å². The van der Waals surface area contributed by atoms with Crippen LogP contribution in [0.3, 0.4) is 0 Å². The lowest BCUT2D eigenvalue weighted by atomic mass is 9.97. The SMILES string of the molecule is Cc1ccccc1-c1ccc(OCCN(C)C)c(C=CC(=O)c2ccccc2CN(C)C)c1. The van der Waals surface area contributed by atoms with Gasteiger partial charge in [-0.1, -0.05) is 54.6 Å². The summed E-state index contributed by atoms with van der Waals surface area (Å²) in [5.74, 6) is 0.771. The van der Waals surface area contributed by atoms with Gasteiger partial charge in [-0.15, -0.1) is 0 Å². The first-order chi connectivity index (χ1) is 15.8. The summed E-state index contributed by atoms with van der Waals surface area (Å²) in [7, 11) is 8.06. The Morgan fingerprint density at radius 1 is 0.909 bits per heavy atom. The number of ether oxygens (including phenoxy) is 1. The number of nitrogens with zero attached hydrogens (tertiary/aromatic N) is 2. The minimum Gasteiger partial charge on any atom is -0.492 e. The third-order valence-electron chi connectivity index (χ3n) is 5.45. The Morgan fingerprint density at radius 2 is 1.64 bits per heavy atom. The fraction of sp³-hybridized carbons (Fsp3) is 0.276. The number of benzene rings is 3. The van der Waals surface area contributed by atoms with Crippen LogP contribution in [0.25, 0.3) is 17.2 Å². The van der Waals surface area contributed by atoms with Gasteiger partial charge in [-0.3, -0.25) is 4.79 Å². The van der Waals surface area contributed by atoms with Crippen LogP contribution in [-0.4, -0.2) is 56.9 Å². The van der Waals surface area contributed by atoms with E-state index in [1.807, 2.05) is 76.7 Å². The van der Waals surface area contributed by atoms with Gasteiger partial charge in [0.2, 0.25) is 0 Å². The van der Waals surface area contributed by atoms with Crippen molar-refractivity contribution < 1.29 is 9.53 Å². The topological polar surface area (TPSA) is 32.8 Å². The first-order valence-corrected chi connectivity index (χ1v) is 11.3. The van der Waals surface area contributed by atoms with Crippen LogP contribution in [-0.2, 0) is 6.54 Å². The molecule has 0 N–H and O–H groups in total. The molecule has 0 atom stereocenters. The molecule has 33 heavy (non-hydrogen) atoms. The fourth-order valence-corrected chi connectivity index (χ4v) is 3.71. The maximum absolute atomic E-state index is 13.1. The lowest BCUT2D eigenvalue weighted by Crippen LogP contribution is -2.19. The second kappa shape index (κ2) is 11.6. The Bertz CT molecular complexity index is 1120. The Labute approximate surface area is 198 Å². The fourth-order valence-electron chi connectivity index (χ4n) is 3.71. The zero-order chi connectivity index (χ0) is 23.8. The summed E-state index contributed by atoms with van der Waals surface area (Å²) in [4.78, 5) is 17.2. The first kappa shape index (κ1) is 24.4. The highest BCUT2D eigenvalue weighted by molar-refractivity contribution is 6.08. The van der Waals surface area contributed by atoms with Crippen molar-refractivity contribution in [2.24, 2.45) is 0 Å². The molecule has 0 aliphatic heterocycles. The van der Waals surface area contributed by atoms with Crippen molar-refractivity contribution in [3.63, 3.8) is 0 Å². The number of hydrogen-bond acceptors (Lipinski definition) is 4. The molecule has 4 nitrogen and oxygen atoms in total. The summed E-state index contributed by atoms with van der Waals surface area (Å²) in [6, 6.07) is 22.3. The summed E-state index contributed by atoms with van der Waals surface area (Å²) in [5, 5.41) is 0. The van der Waals surface area contributed by atoms with E-state index in [0.29, 0.717) is 6.61 Å². The smallest absolute Gasteiger partial charge is 0.186 e. The molecular formula is C29H34N2O2. The summed E-state index contributed by atoms with van der Waals surface area (Å²) in [5.41, 5.74) is 6.14. The molecule has 0 saturated heterocycles. The van der Waals surface area contributed by atoms with E-state index in [1.54, 1.807) is 6.08 Å². The maximum Gasteiger partial charge on any atom is 0.186 e. The number of allylic oxidation sites excluding steroid dienone is 1.